The van der Waals surface area contributed by atoms with Crippen LogP contribution in [0.15, 0.2) is 30.5 Å². The Balaban J connectivity index is 0.00000176. The van der Waals surface area contributed by atoms with Gasteiger partial charge >= 0.3 is 0 Å². The third-order valence-electron chi connectivity index (χ3n) is 3.73. The van der Waals surface area contributed by atoms with E-state index in [1.807, 2.05) is 19.1 Å². The van der Waals surface area contributed by atoms with Crippen LogP contribution in [0.25, 0.3) is 5.69 Å². The lowest BCUT2D eigenvalue weighted by atomic mass is 10.2. The predicted molar refractivity (Wildman–Crippen MR) is 89.1 cm³/mol. The number of amides is 1. The van der Waals surface area contributed by atoms with Crippen molar-refractivity contribution >= 4 is 29.9 Å². The van der Waals surface area contributed by atoms with Crippen LogP contribution in [0.2, 0.25) is 5.02 Å². The molecule has 5 nitrogen and oxygen atoms in total. The largest absolute Gasteiger partial charge is 0.337 e. The van der Waals surface area contributed by atoms with Crippen LogP contribution in [-0.4, -0.2) is 39.7 Å². The minimum atomic E-state index is 0. The Hall–Kier alpha value is -1.56. The van der Waals surface area contributed by atoms with Gasteiger partial charge in [0.2, 0.25) is 0 Å². The van der Waals surface area contributed by atoms with Crippen molar-refractivity contribution in [1.29, 1.82) is 0 Å². The van der Waals surface area contributed by atoms with Gasteiger partial charge < -0.3 is 10.6 Å². The number of aromatic nitrogens is 2. The molecule has 22 heavy (non-hydrogen) atoms. The number of rotatable bonds is 2. The van der Waals surface area contributed by atoms with Crippen LogP contribution in [-0.2, 0) is 0 Å². The van der Waals surface area contributed by atoms with E-state index in [9.17, 15) is 4.79 Å². The van der Waals surface area contributed by atoms with Crippen LogP contribution in [0.1, 0.15) is 22.5 Å². The molecule has 0 unspecified atom stereocenters. The second kappa shape index (κ2) is 6.69. The molecule has 1 saturated heterocycles. The lowest BCUT2D eigenvalue weighted by Crippen LogP contribution is -2.32. The number of hydrogen-bond donors (Lipinski definition) is 1. The van der Waals surface area contributed by atoms with Crippen molar-refractivity contribution in [2.24, 2.45) is 5.73 Å². The molecule has 2 heterocycles. The van der Waals surface area contributed by atoms with Gasteiger partial charge in [-0.05, 0) is 37.6 Å². The molecule has 1 atom stereocenters. The molecule has 0 saturated carbocycles. The quantitative estimate of drug-likeness (QED) is 0.912. The van der Waals surface area contributed by atoms with Gasteiger partial charge in [0.25, 0.3) is 5.91 Å². The highest BCUT2D eigenvalue weighted by Crippen LogP contribution is 2.18. The zero-order valence-corrected chi connectivity index (χ0v) is 13.8. The van der Waals surface area contributed by atoms with Gasteiger partial charge in [0, 0.05) is 30.4 Å². The molecule has 1 aliphatic rings. The summed E-state index contributed by atoms with van der Waals surface area (Å²) in [6, 6.07) is 7.42. The standard InChI is InChI=1S/C15H17ClN4O.ClH/c1-10-14(15(21)19-7-6-12(17)8-19)9-20(18-10)13-4-2-11(16)3-5-13;/h2-5,9,12H,6-8,17H2,1H3;1H/t12-;/m1./s1. The SMILES string of the molecule is Cc1nn(-c2ccc(Cl)cc2)cc1C(=O)N1CC[C@@H](N)C1.Cl. The minimum Gasteiger partial charge on any atom is -0.337 e. The summed E-state index contributed by atoms with van der Waals surface area (Å²) in [6.07, 6.45) is 2.63. The lowest BCUT2D eigenvalue weighted by Gasteiger charge is -2.14. The van der Waals surface area contributed by atoms with Crippen molar-refractivity contribution in [3.8, 4) is 5.69 Å². The summed E-state index contributed by atoms with van der Waals surface area (Å²) in [5.74, 6) is 0.000614. The van der Waals surface area contributed by atoms with Gasteiger partial charge in [0.1, 0.15) is 0 Å². The number of carbonyl (C=O) groups is 1. The van der Waals surface area contributed by atoms with Gasteiger partial charge in [-0.15, -0.1) is 12.4 Å². The number of nitrogens with zero attached hydrogens (tertiary/aromatic N) is 3. The molecule has 1 fully saturated rings. The van der Waals surface area contributed by atoms with Crippen molar-refractivity contribution in [3.63, 3.8) is 0 Å². The summed E-state index contributed by atoms with van der Waals surface area (Å²) >= 11 is 5.88. The fourth-order valence-corrected chi connectivity index (χ4v) is 2.66. The first-order valence-electron chi connectivity index (χ1n) is 6.91. The van der Waals surface area contributed by atoms with Crippen molar-refractivity contribution in [1.82, 2.24) is 14.7 Å². The van der Waals surface area contributed by atoms with E-state index in [-0.39, 0.29) is 24.4 Å². The molecule has 1 aromatic carbocycles. The van der Waals surface area contributed by atoms with E-state index in [0.29, 0.717) is 23.7 Å². The average Bonchev–Trinajstić information content (AvgIpc) is 3.05. The highest BCUT2D eigenvalue weighted by Gasteiger charge is 2.26. The summed E-state index contributed by atoms with van der Waals surface area (Å²) in [5, 5.41) is 5.09. The zero-order chi connectivity index (χ0) is 15.0. The number of aryl methyl sites for hydroxylation is 1. The first kappa shape index (κ1) is 16.8. The number of likely N-dealkylation sites (tertiary alicyclic amines) is 1. The molecule has 0 aliphatic carbocycles. The predicted octanol–water partition coefficient (Wildman–Crippen LogP) is 2.43. The molecule has 118 valence electrons. The number of carbonyl (C=O) groups excluding carboxylic acids is 1. The molecule has 1 aliphatic heterocycles. The molecule has 7 heteroatoms. The van der Waals surface area contributed by atoms with E-state index in [1.165, 1.54) is 0 Å². The van der Waals surface area contributed by atoms with Crippen LogP contribution >= 0.6 is 24.0 Å². The van der Waals surface area contributed by atoms with E-state index in [2.05, 4.69) is 5.10 Å². The van der Waals surface area contributed by atoms with Gasteiger partial charge in [-0.2, -0.15) is 5.10 Å². The molecule has 2 aromatic rings. The van der Waals surface area contributed by atoms with Crippen molar-refractivity contribution in [2.75, 3.05) is 13.1 Å². The Morgan fingerprint density at radius 1 is 1.36 bits per heavy atom. The fraction of sp³-hybridized carbons (Fsp3) is 0.333. The first-order chi connectivity index (χ1) is 10.0. The smallest absolute Gasteiger partial charge is 0.257 e. The Morgan fingerprint density at radius 2 is 2.05 bits per heavy atom. The molecular formula is C15H18Cl2N4O. The molecule has 3 rings (SSSR count). The molecule has 0 bridgehead atoms. The van der Waals surface area contributed by atoms with E-state index in [0.717, 1.165) is 17.8 Å². The van der Waals surface area contributed by atoms with Gasteiger partial charge in [0.05, 0.1) is 16.9 Å². The summed E-state index contributed by atoms with van der Waals surface area (Å²) in [6.45, 7) is 3.17. The second-order valence-corrected chi connectivity index (χ2v) is 5.79. The maximum Gasteiger partial charge on any atom is 0.257 e. The first-order valence-corrected chi connectivity index (χ1v) is 7.29. The Labute approximate surface area is 140 Å². The minimum absolute atomic E-state index is 0. The van der Waals surface area contributed by atoms with Gasteiger partial charge in [-0.3, -0.25) is 4.79 Å². The summed E-state index contributed by atoms with van der Waals surface area (Å²) in [5.41, 5.74) is 8.08. The maximum atomic E-state index is 12.5. The molecule has 2 N–H and O–H groups in total. The maximum absolute atomic E-state index is 12.5. The van der Waals surface area contributed by atoms with E-state index >= 15 is 0 Å². The van der Waals surface area contributed by atoms with E-state index in [4.69, 9.17) is 17.3 Å². The third kappa shape index (κ3) is 3.27. The Bertz CT molecular complexity index is 669. The van der Waals surface area contributed by atoms with Crippen LogP contribution in [0.5, 0.6) is 0 Å². The zero-order valence-electron chi connectivity index (χ0n) is 12.2. The summed E-state index contributed by atoms with van der Waals surface area (Å²) < 4.78 is 1.70. The van der Waals surface area contributed by atoms with Crippen LogP contribution in [0.3, 0.4) is 0 Å². The van der Waals surface area contributed by atoms with Gasteiger partial charge in [-0.25, -0.2) is 4.68 Å². The number of halogens is 2. The second-order valence-electron chi connectivity index (χ2n) is 5.35. The van der Waals surface area contributed by atoms with Gasteiger partial charge in [-0.1, -0.05) is 11.6 Å². The fourth-order valence-electron chi connectivity index (χ4n) is 2.54. The summed E-state index contributed by atoms with van der Waals surface area (Å²) in [4.78, 5) is 14.3. The van der Waals surface area contributed by atoms with E-state index in [1.54, 1.807) is 27.9 Å². The van der Waals surface area contributed by atoms with Crippen LogP contribution in [0, 0.1) is 6.92 Å². The molecule has 1 aromatic heterocycles. The average molecular weight is 341 g/mol. The normalized spacial score (nSPS) is 17.4. The molecule has 0 spiro atoms. The lowest BCUT2D eigenvalue weighted by molar-refractivity contribution is 0.0790. The van der Waals surface area contributed by atoms with Crippen molar-refractivity contribution in [2.45, 2.75) is 19.4 Å². The molecular weight excluding hydrogens is 323 g/mol. The van der Waals surface area contributed by atoms with Gasteiger partial charge in [0.15, 0.2) is 0 Å². The summed E-state index contributed by atoms with van der Waals surface area (Å²) in [7, 11) is 0. The molecule has 1 amide bonds. The van der Waals surface area contributed by atoms with Crippen LogP contribution in [0.4, 0.5) is 0 Å². The number of benzene rings is 1. The van der Waals surface area contributed by atoms with Crippen LogP contribution < -0.4 is 5.73 Å². The Kier molecular flexibility index (Phi) is 5.11. The Morgan fingerprint density at radius 3 is 2.64 bits per heavy atom. The van der Waals surface area contributed by atoms with Crippen molar-refractivity contribution < 1.29 is 4.79 Å². The van der Waals surface area contributed by atoms with Crippen molar-refractivity contribution in [3.05, 3.63) is 46.7 Å². The number of nitrogens with two attached hydrogens (primary N) is 1. The number of hydrogen-bond acceptors (Lipinski definition) is 3. The monoisotopic (exact) mass is 340 g/mol. The molecule has 0 radical (unpaired) electrons. The third-order valence-corrected chi connectivity index (χ3v) is 3.98. The topological polar surface area (TPSA) is 64.2 Å². The van der Waals surface area contributed by atoms with E-state index < -0.39 is 0 Å². The highest BCUT2D eigenvalue weighted by atomic mass is 35.5. The highest BCUT2D eigenvalue weighted by molar-refractivity contribution is 6.30.